The lowest BCUT2D eigenvalue weighted by atomic mass is 10.2. The molecule has 0 aliphatic carbocycles. The fraction of sp³-hybridized carbons (Fsp3) is 0.375. The lowest BCUT2D eigenvalue weighted by Crippen LogP contribution is -2.01. The summed E-state index contributed by atoms with van der Waals surface area (Å²) in [4.78, 5) is 3.56. The van der Waals surface area contributed by atoms with Crippen molar-refractivity contribution in [2.45, 2.75) is 13.0 Å². The third-order valence-electron chi connectivity index (χ3n) is 1.60. The minimum Gasteiger partial charge on any atom is -0.495 e. The average Bonchev–Trinajstić information content (AvgIpc) is 2.16. The number of aromatic nitrogens is 1. The summed E-state index contributed by atoms with van der Waals surface area (Å²) in [5.74, 6) is 0.0814. The van der Waals surface area contributed by atoms with Crippen LogP contribution in [0.5, 0.6) is 5.75 Å². The first-order valence-electron chi connectivity index (χ1n) is 3.70. The normalized spacial score (nSPS) is 10.5. The molecule has 0 radical (unpaired) electrons. The minimum atomic E-state index is -2.62. The molecule has 0 atom stereocenters. The Hall–Kier alpha value is -1.23. The summed E-state index contributed by atoms with van der Waals surface area (Å²) in [6.07, 6.45) is -1.30. The molecule has 0 saturated heterocycles. The molecule has 3 nitrogen and oxygen atoms in total. The van der Waals surface area contributed by atoms with Crippen molar-refractivity contribution in [2.75, 3.05) is 7.11 Å². The zero-order valence-corrected chi connectivity index (χ0v) is 7.13. The maximum atomic E-state index is 12.3. The summed E-state index contributed by atoms with van der Waals surface area (Å²) in [5, 5.41) is 0. The molecule has 13 heavy (non-hydrogen) atoms. The summed E-state index contributed by atoms with van der Waals surface area (Å²) in [6, 6.07) is 1.47. The highest BCUT2D eigenvalue weighted by Crippen LogP contribution is 2.26. The Morgan fingerprint density at radius 2 is 2.31 bits per heavy atom. The fourth-order valence-corrected chi connectivity index (χ4v) is 0.935. The summed E-state index contributed by atoms with van der Waals surface area (Å²) in [5.41, 5.74) is 5.64. The van der Waals surface area contributed by atoms with Crippen LogP contribution in [-0.4, -0.2) is 12.1 Å². The zero-order valence-electron chi connectivity index (χ0n) is 7.13. The molecule has 0 aromatic carbocycles. The van der Waals surface area contributed by atoms with Crippen LogP contribution in [0.15, 0.2) is 12.3 Å². The summed E-state index contributed by atoms with van der Waals surface area (Å²) in [6.45, 7) is 0.257. The van der Waals surface area contributed by atoms with E-state index < -0.39 is 6.43 Å². The fourth-order valence-electron chi connectivity index (χ4n) is 0.935. The van der Waals surface area contributed by atoms with Gasteiger partial charge in [0.15, 0.2) is 0 Å². The van der Waals surface area contributed by atoms with Gasteiger partial charge < -0.3 is 10.5 Å². The lowest BCUT2D eigenvalue weighted by Gasteiger charge is -2.07. The highest BCUT2D eigenvalue weighted by molar-refractivity contribution is 5.32. The highest BCUT2D eigenvalue weighted by Gasteiger charge is 2.15. The SMILES string of the molecule is COc1cc(CN)cnc1C(F)F. The van der Waals surface area contributed by atoms with Gasteiger partial charge in [0.1, 0.15) is 11.4 Å². The van der Waals surface area contributed by atoms with E-state index in [-0.39, 0.29) is 18.0 Å². The van der Waals surface area contributed by atoms with E-state index in [1.54, 1.807) is 0 Å². The third kappa shape index (κ3) is 2.12. The smallest absolute Gasteiger partial charge is 0.284 e. The van der Waals surface area contributed by atoms with Crippen LogP contribution in [0, 0.1) is 0 Å². The molecule has 0 spiro atoms. The number of hydrogen-bond acceptors (Lipinski definition) is 3. The summed E-state index contributed by atoms with van der Waals surface area (Å²) >= 11 is 0. The van der Waals surface area contributed by atoms with Gasteiger partial charge in [-0.15, -0.1) is 0 Å². The van der Waals surface area contributed by atoms with Gasteiger partial charge >= 0.3 is 0 Å². The van der Waals surface area contributed by atoms with Crippen molar-refractivity contribution in [1.29, 1.82) is 0 Å². The number of methoxy groups -OCH3 is 1. The molecule has 0 amide bonds. The molecule has 0 unspecified atom stereocenters. The van der Waals surface area contributed by atoms with Gasteiger partial charge in [0.25, 0.3) is 6.43 Å². The minimum absolute atomic E-state index is 0.0814. The molecule has 5 heteroatoms. The van der Waals surface area contributed by atoms with Crippen LogP contribution in [-0.2, 0) is 6.54 Å². The van der Waals surface area contributed by atoms with Crippen molar-refractivity contribution in [2.24, 2.45) is 5.73 Å². The van der Waals surface area contributed by atoms with Crippen LogP contribution in [0.3, 0.4) is 0 Å². The molecule has 0 saturated carbocycles. The van der Waals surface area contributed by atoms with Crippen molar-refractivity contribution in [3.05, 3.63) is 23.5 Å². The quantitative estimate of drug-likeness (QED) is 0.781. The third-order valence-corrected chi connectivity index (χ3v) is 1.60. The largest absolute Gasteiger partial charge is 0.495 e. The van der Waals surface area contributed by atoms with Gasteiger partial charge in [-0.3, -0.25) is 4.98 Å². The number of alkyl halides is 2. The number of hydrogen-bond donors (Lipinski definition) is 1. The van der Waals surface area contributed by atoms with E-state index in [2.05, 4.69) is 4.98 Å². The van der Waals surface area contributed by atoms with Crippen LogP contribution in [0.2, 0.25) is 0 Å². The standard InChI is InChI=1S/C8H10F2N2O/c1-13-6-2-5(3-11)4-12-7(6)8(9)10/h2,4,8H,3,11H2,1H3. The van der Waals surface area contributed by atoms with E-state index in [9.17, 15) is 8.78 Å². The van der Waals surface area contributed by atoms with Gasteiger partial charge in [-0.25, -0.2) is 8.78 Å². The van der Waals surface area contributed by atoms with E-state index in [0.717, 1.165) is 0 Å². The van der Waals surface area contributed by atoms with Crippen molar-refractivity contribution in [3.63, 3.8) is 0 Å². The molecule has 1 aromatic rings. The van der Waals surface area contributed by atoms with Crippen LogP contribution in [0.1, 0.15) is 17.7 Å². The molecule has 0 bridgehead atoms. The van der Waals surface area contributed by atoms with E-state index in [0.29, 0.717) is 5.56 Å². The van der Waals surface area contributed by atoms with Gasteiger partial charge in [-0.2, -0.15) is 0 Å². The number of ether oxygens (including phenoxy) is 1. The number of nitrogens with zero attached hydrogens (tertiary/aromatic N) is 1. The van der Waals surface area contributed by atoms with E-state index in [1.807, 2.05) is 0 Å². The van der Waals surface area contributed by atoms with Crippen molar-refractivity contribution in [3.8, 4) is 5.75 Å². The Labute approximate surface area is 74.5 Å². The van der Waals surface area contributed by atoms with Gasteiger partial charge in [0.2, 0.25) is 0 Å². The van der Waals surface area contributed by atoms with E-state index in [1.165, 1.54) is 19.4 Å². The van der Waals surface area contributed by atoms with E-state index in [4.69, 9.17) is 10.5 Å². The second-order valence-corrected chi connectivity index (χ2v) is 2.44. The zero-order chi connectivity index (χ0) is 9.84. The molecular weight excluding hydrogens is 178 g/mol. The van der Waals surface area contributed by atoms with Gasteiger partial charge in [0, 0.05) is 12.7 Å². The van der Waals surface area contributed by atoms with Crippen LogP contribution in [0.25, 0.3) is 0 Å². The topological polar surface area (TPSA) is 48.1 Å². The summed E-state index contributed by atoms with van der Waals surface area (Å²) < 4.78 is 29.3. The first kappa shape index (κ1) is 9.85. The Kier molecular flexibility index (Phi) is 3.13. The monoisotopic (exact) mass is 188 g/mol. The maximum absolute atomic E-state index is 12.3. The molecule has 72 valence electrons. The maximum Gasteiger partial charge on any atom is 0.284 e. The van der Waals surface area contributed by atoms with Crippen molar-refractivity contribution < 1.29 is 13.5 Å². The van der Waals surface area contributed by atoms with Gasteiger partial charge in [0.05, 0.1) is 7.11 Å². The van der Waals surface area contributed by atoms with Crippen LogP contribution < -0.4 is 10.5 Å². The Bertz CT molecular complexity index is 291. The van der Waals surface area contributed by atoms with Gasteiger partial charge in [-0.1, -0.05) is 0 Å². The molecule has 1 heterocycles. The molecule has 1 aromatic heterocycles. The summed E-state index contributed by atoms with van der Waals surface area (Å²) in [7, 11) is 1.32. The van der Waals surface area contributed by atoms with Gasteiger partial charge in [-0.05, 0) is 11.6 Å². The number of nitrogens with two attached hydrogens (primary N) is 1. The Balaban J connectivity index is 3.08. The molecule has 1 rings (SSSR count). The first-order valence-corrected chi connectivity index (χ1v) is 3.70. The highest BCUT2D eigenvalue weighted by atomic mass is 19.3. The van der Waals surface area contributed by atoms with E-state index >= 15 is 0 Å². The Morgan fingerprint density at radius 1 is 1.62 bits per heavy atom. The molecule has 0 fully saturated rings. The van der Waals surface area contributed by atoms with Crippen molar-refractivity contribution >= 4 is 0 Å². The predicted molar refractivity (Wildman–Crippen MR) is 43.6 cm³/mol. The lowest BCUT2D eigenvalue weighted by molar-refractivity contribution is 0.141. The number of rotatable bonds is 3. The average molecular weight is 188 g/mol. The predicted octanol–water partition coefficient (Wildman–Crippen LogP) is 1.49. The Morgan fingerprint density at radius 3 is 2.77 bits per heavy atom. The number of halogens is 2. The second-order valence-electron chi connectivity index (χ2n) is 2.44. The molecule has 2 N–H and O–H groups in total. The second kappa shape index (κ2) is 4.13. The first-order chi connectivity index (χ1) is 6.19. The molecule has 0 aliphatic rings. The molecular formula is C8H10F2N2O. The molecule has 0 aliphatic heterocycles. The van der Waals surface area contributed by atoms with Crippen LogP contribution in [0.4, 0.5) is 8.78 Å². The van der Waals surface area contributed by atoms with Crippen molar-refractivity contribution in [1.82, 2.24) is 4.98 Å². The number of pyridine rings is 1. The van der Waals surface area contributed by atoms with Crippen LogP contribution >= 0.6 is 0 Å².